The molecule has 0 aromatic heterocycles. The molecule has 3 unspecified atom stereocenters. The van der Waals surface area contributed by atoms with Crippen LogP contribution >= 0.6 is 15.9 Å². The molecule has 0 bridgehead atoms. The Labute approximate surface area is 176 Å². The summed E-state index contributed by atoms with van der Waals surface area (Å²) in [7, 11) is 5.43. The summed E-state index contributed by atoms with van der Waals surface area (Å²) in [4.78, 5) is 15.6. The van der Waals surface area contributed by atoms with Gasteiger partial charge in [-0.1, -0.05) is 29.8 Å². The standard InChI is InChI=1S/C20H26BrNO4.C2H6/c1-10-13(21)9-15(25-5)18-16(10)20-6-7-22(3)11(2)12(20)8-14(24-4)17(23)19(20)26-18;1-2/h9,11-12,14,19H,6-8H2,1-5H3;1-2H3/t11?,12?,14?,19-,20-;/m1./s1. The molecule has 1 saturated carbocycles. The number of ether oxygens (including phenoxy) is 3. The number of carbonyl (C=O) groups is 1. The van der Waals surface area contributed by atoms with E-state index >= 15 is 0 Å². The van der Waals surface area contributed by atoms with Crippen LogP contribution in [0.2, 0.25) is 0 Å². The highest BCUT2D eigenvalue weighted by Gasteiger charge is 2.65. The van der Waals surface area contributed by atoms with E-state index in [1.54, 1.807) is 14.2 Å². The van der Waals surface area contributed by atoms with E-state index in [0.29, 0.717) is 11.8 Å². The van der Waals surface area contributed by atoms with Crippen molar-refractivity contribution in [2.24, 2.45) is 5.92 Å². The minimum Gasteiger partial charge on any atom is -0.493 e. The summed E-state index contributed by atoms with van der Waals surface area (Å²) in [5.74, 6) is 1.78. The number of benzene rings is 1. The summed E-state index contributed by atoms with van der Waals surface area (Å²) in [6.45, 7) is 9.31. The summed E-state index contributed by atoms with van der Waals surface area (Å²) >= 11 is 3.68. The second-order valence-corrected chi connectivity index (χ2v) is 8.72. The third-order valence-electron chi connectivity index (χ3n) is 6.98. The van der Waals surface area contributed by atoms with E-state index in [2.05, 4.69) is 41.7 Å². The van der Waals surface area contributed by atoms with Crippen LogP contribution in [0.5, 0.6) is 11.5 Å². The summed E-state index contributed by atoms with van der Waals surface area (Å²) < 4.78 is 18.5. The molecule has 1 aromatic rings. The van der Waals surface area contributed by atoms with E-state index in [-0.39, 0.29) is 17.1 Å². The minimum absolute atomic E-state index is 0.0641. The topological polar surface area (TPSA) is 48.0 Å². The molecule has 0 amide bonds. The average molecular weight is 454 g/mol. The van der Waals surface area contributed by atoms with Crippen molar-refractivity contribution in [2.75, 3.05) is 27.8 Å². The van der Waals surface area contributed by atoms with Crippen molar-refractivity contribution < 1.29 is 19.0 Å². The quantitative estimate of drug-likeness (QED) is 0.673. The van der Waals surface area contributed by atoms with Crippen LogP contribution in [0.1, 0.15) is 44.7 Å². The van der Waals surface area contributed by atoms with Crippen LogP contribution in [-0.2, 0) is 14.9 Å². The van der Waals surface area contributed by atoms with Crippen LogP contribution in [0, 0.1) is 12.8 Å². The molecule has 6 heteroatoms. The molecule has 2 heterocycles. The van der Waals surface area contributed by atoms with E-state index in [1.807, 2.05) is 19.9 Å². The number of fused-ring (bicyclic) bond motifs is 1. The fourth-order valence-corrected chi connectivity index (χ4v) is 5.86. The smallest absolute Gasteiger partial charge is 0.202 e. The van der Waals surface area contributed by atoms with Crippen molar-refractivity contribution in [3.05, 3.63) is 21.7 Å². The Kier molecular flexibility index (Phi) is 6.14. The zero-order chi connectivity index (χ0) is 20.8. The molecule has 5 nitrogen and oxygen atoms in total. The number of Topliss-reactive ketones (excluding diaryl/α,β-unsaturated/α-hetero) is 1. The molecule has 4 rings (SSSR count). The van der Waals surface area contributed by atoms with Gasteiger partial charge in [0.2, 0.25) is 5.78 Å². The van der Waals surface area contributed by atoms with Gasteiger partial charge in [-0.3, -0.25) is 4.79 Å². The molecule has 2 aliphatic heterocycles. The predicted octanol–water partition coefficient (Wildman–Crippen LogP) is 4.12. The molecule has 28 heavy (non-hydrogen) atoms. The third-order valence-corrected chi connectivity index (χ3v) is 7.80. The molecular formula is C22H32BrNO4. The predicted molar refractivity (Wildman–Crippen MR) is 113 cm³/mol. The molecule has 2 fully saturated rings. The molecule has 156 valence electrons. The number of methoxy groups -OCH3 is 2. The fraction of sp³-hybridized carbons (Fsp3) is 0.682. The van der Waals surface area contributed by atoms with Crippen LogP contribution in [0.4, 0.5) is 0 Å². The highest BCUT2D eigenvalue weighted by atomic mass is 79.9. The summed E-state index contributed by atoms with van der Waals surface area (Å²) in [5.41, 5.74) is 1.99. The zero-order valence-electron chi connectivity index (χ0n) is 18.0. The lowest BCUT2D eigenvalue weighted by molar-refractivity contribution is -0.152. The first-order valence-corrected chi connectivity index (χ1v) is 11.0. The van der Waals surface area contributed by atoms with Crippen molar-refractivity contribution in [3.8, 4) is 11.5 Å². The van der Waals surface area contributed by atoms with Gasteiger partial charge in [-0.15, -0.1) is 0 Å². The average Bonchev–Trinajstić information content (AvgIpc) is 3.06. The van der Waals surface area contributed by atoms with Crippen molar-refractivity contribution in [2.45, 2.75) is 64.2 Å². The van der Waals surface area contributed by atoms with Crippen LogP contribution < -0.4 is 9.47 Å². The first kappa shape index (κ1) is 21.6. The number of likely N-dealkylation sites (tertiary alicyclic amines) is 1. The molecule has 1 saturated heterocycles. The van der Waals surface area contributed by atoms with Gasteiger partial charge >= 0.3 is 0 Å². The SMILES string of the molecule is CC.COc1cc(Br)c(C)c2c1O[C@@H]1C(=O)C(OC)CC3C(C)N(C)CC[C@]231. The Morgan fingerprint density at radius 2 is 2.00 bits per heavy atom. The number of carbonyl (C=O) groups excluding carboxylic acids is 1. The van der Waals surface area contributed by atoms with Gasteiger partial charge in [0.1, 0.15) is 6.10 Å². The first-order valence-electron chi connectivity index (χ1n) is 10.2. The highest BCUT2D eigenvalue weighted by Crippen LogP contribution is 2.61. The van der Waals surface area contributed by atoms with E-state index in [4.69, 9.17) is 14.2 Å². The lowest BCUT2D eigenvalue weighted by Gasteiger charge is -2.54. The van der Waals surface area contributed by atoms with Crippen molar-refractivity contribution >= 4 is 21.7 Å². The Balaban J connectivity index is 0.00000109. The second-order valence-electron chi connectivity index (χ2n) is 7.87. The minimum atomic E-state index is -0.501. The first-order chi connectivity index (χ1) is 13.4. The Hall–Kier alpha value is -1.11. The van der Waals surface area contributed by atoms with Crippen LogP contribution in [0.25, 0.3) is 0 Å². The van der Waals surface area contributed by atoms with E-state index in [0.717, 1.165) is 40.7 Å². The summed E-state index contributed by atoms with van der Waals surface area (Å²) in [6, 6.07) is 2.28. The number of rotatable bonds is 2. The number of hydrogen-bond acceptors (Lipinski definition) is 5. The number of halogens is 1. The van der Waals surface area contributed by atoms with Gasteiger partial charge < -0.3 is 19.1 Å². The zero-order valence-corrected chi connectivity index (χ0v) is 19.6. The number of hydrogen-bond donors (Lipinski definition) is 0. The van der Waals surface area contributed by atoms with Gasteiger partial charge in [-0.05, 0) is 57.8 Å². The van der Waals surface area contributed by atoms with Gasteiger partial charge in [0.25, 0.3) is 0 Å². The van der Waals surface area contributed by atoms with Gasteiger partial charge in [-0.2, -0.15) is 0 Å². The molecule has 1 spiro atoms. The van der Waals surface area contributed by atoms with Gasteiger partial charge in [-0.25, -0.2) is 0 Å². The number of piperidine rings is 1. The number of ketones is 1. The van der Waals surface area contributed by atoms with E-state index < -0.39 is 12.2 Å². The maximum Gasteiger partial charge on any atom is 0.202 e. The molecule has 1 aliphatic carbocycles. The van der Waals surface area contributed by atoms with Crippen molar-refractivity contribution in [3.63, 3.8) is 0 Å². The Morgan fingerprint density at radius 3 is 2.61 bits per heavy atom. The van der Waals surface area contributed by atoms with E-state index in [9.17, 15) is 4.79 Å². The van der Waals surface area contributed by atoms with Crippen LogP contribution in [-0.4, -0.2) is 56.7 Å². The van der Waals surface area contributed by atoms with Crippen LogP contribution in [0.3, 0.4) is 0 Å². The maximum absolute atomic E-state index is 13.2. The van der Waals surface area contributed by atoms with Gasteiger partial charge in [0.15, 0.2) is 17.6 Å². The molecule has 3 aliphatic rings. The van der Waals surface area contributed by atoms with Crippen molar-refractivity contribution in [1.29, 1.82) is 0 Å². The lowest BCUT2D eigenvalue weighted by Crippen LogP contribution is -2.65. The van der Waals surface area contributed by atoms with Gasteiger partial charge in [0.05, 0.1) is 7.11 Å². The summed E-state index contributed by atoms with van der Waals surface area (Å²) in [5, 5.41) is 0. The largest absolute Gasteiger partial charge is 0.493 e. The molecule has 5 atom stereocenters. The van der Waals surface area contributed by atoms with E-state index in [1.165, 1.54) is 0 Å². The third kappa shape index (κ3) is 2.83. The lowest BCUT2D eigenvalue weighted by atomic mass is 9.55. The molecule has 0 N–H and O–H groups in total. The molecular weight excluding hydrogens is 422 g/mol. The van der Waals surface area contributed by atoms with Crippen molar-refractivity contribution in [1.82, 2.24) is 4.90 Å². The summed E-state index contributed by atoms with van der Waals surface area (Å²) in [6.07, 6.45) is 0.725. The fourth-order valence-electron chi connectivity index (χ4n) is 5.46. The highest BCUT2D eigenvalue weighted by molar-refractivity contribution is 9.10. The molecule has 0 radical (unpaired) electrons. The number of nitrogens with zero attached hydrogens (tertiary/aromatic N) is 1. The maximum atomic E-state index is 13.2. The van der Waals surface area contributed by atoms with Gasteiger partial charge in [0, 0.05) is 28.6 Å². The second kappa shape index (κ2) is 7.96. The van der Waals surface area contributed by atoms with Crippen LogP contribution in [0.15, 0.2) is 10.5 Å². The monoisotopic (exact) mass is 453 g/mol. The Bertz CT molecular complexity index is 767. The Morgan fingerprint density at radius 1 is 1.32 bits per heavy atom. The normalized spacial score (nSPS) is 33.8. The molecule has 1 aromatic carbocycles.